The van der Waals surface area contributed by atoms with Crippen LogP contribution in [-0.2, 0) is 0 Å². The maximum Gasteiger partial charge on any atom is 0.253 e. The lowest BCUT2D eigenvalue weighted by Gasteiger charge is -2.44. The molecule has 1 fully saturated rings. The quantitative estimate of drug-likeness (QED) is 0.873. The van der Waals surface area contributed by atoms with E-state index in [0.29, 0.717) is 0 Å². The fraction of sp³-hybridized carbons (Fsp3) is 0.389. The maximum atomic E-state index is 12.6. The van der Waals surface area contributed by atoms with Gasteiger partial charge in [0.2, 0.25) is 0 Å². The summed E-state index contributed by atoms with van der Waals surface area (Å²) in [5.74, 6) is 0.951. The summed E-state index contributed by atoms with van der Waals surface area (Å²) in [5.41, 5.74) is 4.02. The Labute approximate surface area is 136 Å². The minimum Gasteiger partial charge on any atom is -0.351 e. The first-order chi connectivity index (χ1) is 11.0. The highest BCUT2D eigenvalue weighted by Gasteiger charge is 2.33. The summed E-state index contributed by atoms with van der Waals surface area (Å²) in [6, 6.07) is 10.0. The molecule has 0 N–H and O–H groups in total. The number of carbonyl (C=O) groups excluding carboxylic acids is 1. The van der Waals surface area contributed by atoms with Crippen molar-refractivity contribution in [1.82, 2.24) is 15.1 Å². The molecule has 0 radical (unpaired) electrons. The highest BCUT2D eigenvalue weighted by molar-refractivity contribution is 5.94. The SMILES string of the molecule is Cc1ccc(N2CC(N(C)C(=O)c3ccc(C)c(C)c3)C2)nn1. The van der Waals surface area contributed by atoms with Gasteiger partial charge in [-0.3, -0.25) is 4.79 Å². The molecule has 1 amide bonds. The molecular weight excluding hydrogens is 288 g/mol. The Morgan fingerprint density at radius 1 is 1.09 bits per heavy atom. The second-order valence-corrected chi connectivity index (χ2v) is 6.31. The number of benzene rings is 1. The summed E-state index contributed by atoms with van der Waals surface area (Å²) >= 11 is 0. The molecule has 5 nitrogen and oxygen atoms in total. The largest absolute Gasteiger partial charge is 0.351 e. The third kappa shape index (κ3) is 3.04. The molecule has 1 saturated heterocycles. The molecule has 0 atom stereocenters. The molecule has 23 heavy (non-hydrogen) atoms. The molecule has 0 saturated carbocycles. The topological polar surface area (TPSA) is 49.3 Å². The van der Waals surface area contributed by atoms with Gasteiger partial charge in [-0.1, -0.05) is 6.07 Å². The van der Waals surface area contributed by atoms with Gasteiger partial charge in [-0.05, 0) is 56.2 Å². The van der Waals surface area contributed by atoms with E-state index >= 15 is 0 Å². The Bertz CT molecular complexity index is 720. The molecule has 1 aliphatic rings. The number of anilines is 1. The standard InChI is InChI=1S/C18H22N4O/c1-12-5-7-15(9-13(12)2)18(23)21(4)16-10-22(11-16)17-8-6-14(3)19-20-17/h5-9,16H,10-11H2,1-4H3. The van der Waals surface area contributed by atoms with Crippen LogP contribution in [0, 0.1) is 20.8 Å². The van der Waals surface area contributed by atoms with E-state index < -0.39 is 0 Å². The molecule has 0 bridgehead atoms. The Hall–Kier alpha value is -2.43. The number of hydrogen-bond donors (Lipinski definition) is 0. The highest BCUT2D eigenvalue weighted by atomic mass is 16.2. The summed E-state index contributed by atoms with van der Waals surface area (Å²) in [6.07, 6.45) is 0. The van der Waals surface area contributed by atoms with Crippen LogP contribution in [0.4, 0.5) is 5.82 Å². The number of carbonyl (C=O) groups is 1. The zero-order chi connectivity index (χ0) is 16.6. The number of amides is 1. The summed E-state index contributed by atoms with van der Waals surface area (Å²) in [4.78, 5) is 16.6. The lowest BCUT2D eigenvalue weighted by molar-refractivity contribution is 0.0705. The molecule has 120 valence electrons. The second kappa shape index (κ2) is 5.99. The molecule has 0 unspecified atom stereocenters. The van der Waals surface area contributed by atoms with Crippen LogP contribution < -0.4 is 4.90 Å². The highest BCUT2D eigenvalue weighted by Crippen LogP contribution is 2.22. The zero-order valence-electron chi connectivity index (χ0n) is 14.1. The van der Waals surface area contributed by atoms with Gasteiger partial charge < -0.3 is 9.80 Å². The van der Waals surface area contributed by atoms with Gasteiger partial charge in [0.25, 0.3) is 5.91 Å². The van der Waals surface area contributed by atoms with E-state index in [-0.39, 0.29) is 11.9 Å². The predicted octanol–water partition coefficient (Wildman–Crippen LogP) is 2.36. The third-order valence-electron chi connectivity index (χ3n) is 4.59. The first kappa shape index (κ1) is 15.5. The van der Waals surface area contributed by atoms with Crippen LogP contribution in [-0.4, -0.2) is 47.2 Å². The van der Waals surface area contributed by atoms with Crippen molar-refractivity contribution in [3.8, 4) is 0 Å². The molecule has 1 aromatic carbocycles. The maximum absolute atomic E-state index is 12.6. The van der Waals surface area contributed by atoms with Crippen molar-refractivity contribution in [3.05, 3.63) is 52.7 Å². The average molecular weight is 310 g/mol. The summed E-state index contributed by atoms with van der Waals surface area (Å²) in [5, 5.41) is 8.27. The number of aromatic nitrogens is 2. The van der Waals surface area contributed by atoms with E-state index in [1.807, 2.05) is 56.1 Å². The Balaban J connectivity index is 1.63. The van der Waals surface area contributed by atoms with E-state index in [0.717, 1.165) is 35.7 Å². The van der Waals surface area contributed by atoms with Crippen LogP contribution in [0.25, 0.3) is 0 Å². The summed E-state index contributed by atoms with van der Waals surface area (Å²) < 4.78 is 0. The molecule has 2 heterocycles. The second-order valence-electron chi connectivity index (χ2n) is 6.31. The van der Waals surface area contributed by atoms with Crippen molar-refractivity contribution in [2.24, 2.45) is 0 Å². The number of nitrogens with zero attached hydrogens (tertiary/aromatic N) is 4. The minimum absolute atomic E-state index is 0.0766. The van der Waals surface area contributed by atoms with Gasteiger partial charge in [0.05, 0.1) is 11.7 Å². The first-order valence-corrected chi connectivity index (χ1v) is 7.85. The fourth-order valence-corrected chi connectivity index (χ4v) is 2.69. The van der Waals surface area contributed by atoms with E-state index in [1.54, 1.807) is 0 Å². The van der Waals surface area contributed by atoms with Crippen molar-refractivity contribution in [3.63, 3.8) is 0 Å². The van der Waals surface area contributed by atoms with Crippen LogP contribution in [0.1, 0.15) is 27.2 Å². The van der Waals surface area contributed by atoms with E-state index in [2.05, 4.69) is 22.0 Å². The van der Waals surface area contributed by atoms with Crippen LogP contribution in [0.5, 0.6) is 0 Å². The molecular formula is C18H22N4O. The van der Waals surface area contributed by atoms with Gasteiger partial charge in [-0.15, -0.1) is 5.10 Å². The molecule has 2 aromatic rings. The van der Waals surface area contributed by atoms with Crippen LogP contribution in [0.15, 0.2) is 30.3 Å². The van der Waals surface area contributed by atoms with Crippen molar-refractivity contribution < 1.29 is 4.79 Å². The lowest BCUT2D eigenvalue weighted by atomic mass is 10.0. The average Bonchev–Trinajstić information content (AvgIpc) is 2.49. The molecule has 0 spiro atoms. The van der Waals surface area contributed by atoms with Gasteiger partial charge in [0.1, 0.15) is 0 Å². The molecule has 3 rings (SSSR count). The van der Waals surface area contributed by atoms with Gasteiger partial charge in [0, 0.05) is 25.7 Å². The number of rotatable bonds is 3. The van der Waals surface area contributed by atoms with Crippen LogP contribution in [0.3, 0.4) is 0 Å². The van der Waals surface area contributed by atoms with E-state index in [1.165, 1.54) is 5.56 Å². The van der Waals surface area contributed by atoms with Crippen LogP contribution in [0.2, 0.25) is 0 Å². The molecule has 1 aliphatic heterocycles. The normalized spacial score (nSPS) is 14.5. The van der Waals surface area contributed by atoms with Gasteiger partial charge in [-0.2, -0.15) is 5.10 Å². The zero-order valence-corrected chi connectivity index (χ0v) is 14.1. The third-order valence-corrected chi connectivity index (χ3v) is 4.59. The van der Waals surface area contributed by atoms with E-state index in [4.69, 9.17) is 0 Å². The van der Waals surface area contributed by atoms with Crippen molar-refractivity contribution in [2.75, 3.05) is 25.0 Å². The molecule has 0 aliphatic carbocycles. The van der Waals surface area contributed by atoms with Gasteiger partial charge in [-0.25, -0.2) is 0 Å². The Morgan fingerprint density at radius 3 is 2.43 bits per heavy atom. The number of hydrogen-bond acceptors (Lipinski definition) is 4. The minimum atomic E-state index is 0.0766. The molecule has 5 heteroatoms. The van der Waals surface area contributed by atoms with E-state index in [9.17, 15) is 4.79 Å². The van der Waals surface area contributed by atoms with Crippen LogP contribution >= 0.6 is 0 Å². The Kier molecular flexibility index (Phi) is 4.03. The van der Waals surface area contributed by atoms with Gasteiger partial charge in [0.15, 0.2) is 5.82 Å². The monoisotopic (exact) mass is 310 g/mol. The summed E-state index contributed by atoms with van der Waals surface area (Å²) in [6.45, 7) is 7.61. The lowest BCUT2D eigenvalue weighted by Crippen LogP contribution is -2.60. The Morgan fingerprint density at radius 2 is 1.83 bits per heavy atom. The number of aryl methyl sites for hydroxylation is 3. The smallest absolute Gasteiger partial charge is 0.253 e. The fourth-order valence-electron chi connectivity index (χ4n) is 2.69. The summed E-state index contributed by atoms with van der Waals surface area (Å²) in [7, 11) is 1.88. The van der Waals surface area contributed by atoms with Crippen molar-refractivity contribution >= 4 is 11.7 Å². The van der Waals surface area contributed by atoms with Gasteiger partial charge >= 0.3 is 0 Å². The molecule has 1 aromatic heterocycles. The predicted molar refractivity (Wildman–Crippen MR) is 90.8 cm³/mol. The van der Waals surface area contributed by atoms with Crippen molar-refractivity contribution in [1.29, 1.82) is 0 Å². The van der Waals surface area contributed by atoms with Crippen molar-refractivity contribution in [2.45, 2.75) is 26.8 Å². The number of likely N-dealkylation sites (N-methyl/N-ethyl adjacent to an activating group) is 1. The first-order valence-electron chi connectivity index (χ1n) is 7.85.